The van der Waals surface area contributed by atoms with Gasteiger partial charge < -0.3 is 10.2 Å². The van der Waals surface area contributed by atoms with Gasteiger partial charge in [-0.1, -0.05) is 11.3 Å². The van der Waals surface area contributed by atoms with Gasteiger partial charge in [-0.3, -0.25) is 5.10 Å². The third kappa shape index (κ3) is 2.21. The zero-order valence-corrected chi connectivity index (χ0v) is 10.7. The molecular formula is C9H16N4S2. The number of nitrogens with zero attached hydrogens (tertiary/aromatic N) is 2. The molecule has 1 aliphatic carbocycles. The summed E-state index contributed by atoms with van der Waals surface area (Å²) in [5.74, 6) is 0. The Balaban J connectivity index is 1.94. The summed E-state index contributed by atoms with van der Waals surface area (Å²) < 4.78 is 0.727. The Kier molecular flexibility index (Phi) is 3.08. The monoisotopic (exact) mass is 244 g/mol. The number of hydrogen-bond donors (Lipinski definition) is 2. The first-order valence-electron chi connectivity index (χ1n) is 5.09. The molecule has 2 N–H and O–H groups in total. The van der Waals surface area contributed by atoms with E-state index >= 15 is 0 Å². The van der Waals surface area contributed by atoms with Gasteiger partial charge in [0.15, 0.2) is 3.95 Å². The Hall–Kier alpha value is -0.460. The van der Waals surface area contributed by atoms with E-state index in [9.17, 15) is 0 Å². The molecule has 1 fully saturated rings. The Labute approximate surface area is 98.7 Å². The van der Waals surface area contributed by atoms with Crippen molar-refractivity contribution in [1.29, 1.82) is 0 Å². The smallest absolute Gasteiger partial charge is 0.204 e. The molecule has 4 nitrogen and oxygen atoms in total. The molecule has 0 aliphatic heterocycles. The number of rotatable bonds is 4. The van der Waals surface area contributed by atoms with Crippen LogP contribution in [0.25, 0.3) is 0 Å². The Morgan fingerprint density at radius 1 is 1.60 bits per heavy atom. The van der Waals surface area contributed by atoms with Crippen molar-refractivity contribution in [1.82, 2.24) is 15.1 Å². The fourth-order valence-corrected chi connectivity index (χ4v) is 2.70. The molecule has 1 heterocycles. The van der Waals surface area contributed by atoms with Crippen molar-refractivity contribution in [2.75, 3.05) is 26.0 Å². The normalized spacial score (nSPS) is 18.9. The second-order valence-corrected chi connectivity index (χ2v) is 5.91. The van der Waals surface area contributed by atoms with Crippen LogP contribution in [0, 0.1) is 3.95 Å². The van der Waals surface area contributed by atoms with E-state index in [1.807, 2.05) is 0 Å². The quantitative estimate of drug-likeness (QED) is 0.796. The van der Waals surface area contributed by atoms with Crippen LogP contribution in [0.15, 0.2) is 0 Å². The van der Waals surface area contributed by atoms with Gasteiger partial charge in [0, 0.05) is 12.1 Å². The largest absolute Gasteiger partial charge is 0.358 e. The predicted molar refractivity (Wildman–Crippen MR) is 66.1 cm³/mol. The molecule has 1 aromatic heterocycles. The fourth-order valence-electron chi connectivity index (χ4n) is 1.91. The summed E-state index contributed by atoms with van der Waals surface area (Å²) in [7, 11) is 4.29. The number of anilines is 1. The number of nitrogens with one attached hydrogen (secondary N) is 2. The third-order valence-electron chi connectivity index (χ3n) is 3.24. The predicted octanol–water partition coefficient (Wildman–Crippen LogP) is 2.10. The van der Waals surface area contributed by atoms with E-state index in [0.29, 0.717) is 5.54 Å². The molecule has 84 valence electrons. The minimum Gasteiger partial charge on any atom is -0.358 e. The lowest BCUT2D eigenvalue weighted by Crippen LogP contribution is -2.54. The van der Waals surface area contributed by atoms with Gasteiger partial charge in [-0.25, -0.2) is 0 Å². The minimum atomic E-state index is 0.327. The molecule has 0 unspecified atom stereocenters. The summed E-state index contributed by atoms with van der Waals surface area (Å²) in [4.78, 5) is 2.31. The molecule has 0 radical (unpaired) electrons. The van der Waals surface area contributed by atoms with E-state index in [-0.39, 0.29) is 0 Å². The summed E-state index contributed by atoms with van der Waals surface area (Å²) in [5, 5.41) is 11.1. The first-order chi connectivity index (χ1) is 7.12. The van der Waals surface area contributed by atoms with Crippen molar-refractivity contribution < 1.29 is 0 Å². The lowest BCUT2D eigenvalue weighted by molar-refractivity contribution is 0.0739. The number of likely N-dealkylation sites (N-methyl/N-ethyl adjacent to an activating group) is 1. The first kappa shape index (κ1) is 11.0. The van der Waals surface area contributed by atoms with E-state index < -0.39 is 0 Å². The summed E-state index contributed by atoms with van der Waals surface area (Å²) in [6.07, 6.45) is 3.86. The van der Waals surface area contributed by atoms with Gasteiger partial charge in [0.2, 0.25) is 5.13 Å². The van der Waals surface area contributed by atoms with Crippen LogP contribution in [0.1, 0.15) is 19.3 Å². The molecule has 0 saturated heterocycles. The molecule has 0 spiro atoms. The van der Waals surface area contributed by atoms with Crippen LogP contribution in [0.3, 0.4) is 0 Å². The highest BCUT2D eigenvalue weighted by atomic mass is 32.1. The molecule has 0 atom stereocenters. The molecule has 2 rings (SSSR count). The molecule has 15 heavy (non-hydrogen) atoms. The highest BCUT2D eigenvalue weighted by molar-refractivity contribution is 7.73. The van der Waals surface area contributed by atoms with Crippen LogP contribution in [-0.4, -0.2) is 41.3 Å². The molecule has 6 heteroatoms. The molecule has 1 saturated carbocycles. The van der Waals surface area contributed by atoms with Crippen LogP contribution in [0.4, 0.5) is 5.13 Å². The topological polar surface area (TPSA) is 44.0 Å². The van der Waals surface area contributed by atoms with Crippen molar-refractivity contribution in [3.63, 3.8) is 0 Å². The summed E-state index contributed by atoms with van der Waals surface area (Å²) in [5.41, 5.74) is 0.327. The van der Waals surface area contributed by atoms with E-state index in [2.05, 4.69) is 34.5 Å². The maximum absolute atomic E-state index is 4.98. The van der Waals surface area contributed by atoms with Crippen LogP contribution in [-0.2, 0) is 0 Å². The van der Waals surface area contributed by atoms with Gasteiger partial charge in [0.25, 0.3) is 0 Å². The average molecular weight is 244 g/mol. The van der Waals surface area contributed by atoms with Gasteiger partial charge in [-0.05, 0) is 45.6 Å². The van der Waals surface area contributed by atoms with Crippen molar-refractivity contribution in [3.05, 3.63) is 3.95 Å². The summed E-state index contributed by atoms with van der Waals surface area (Å²) >= 11 is 6.48. The summed E-state index contributed by atoms with van der Waals surface area (Å²) in [6.45, 7) is 0.954. The molecular weight excluding hydrogens is 228 g/mol. The van der Waals surface area contributed by atoms with E-state index in [0.717, 1.165) is 15.6 Å². The molecule has 0 bridgehead atoms. The first-order valence-corrected chi connectivity index (χ1v) is 6.32. The van der Waals surface area contributed by atoms with Crippen molar-refractivity contribution >= 4 is 28.7 Å². The van der Waals surface area contributed by atoms with Crippen molar-refractivity contribution in [3.8, 4) is 0 Å². The lowest BCUT2D eigenvalue weighted by Gasteiger charge is -2.47. The zero-order valence-electron chi connectivity index (χ0n) is 9.04. The van der Waals surface area contributed by atoms with Gasteiger partial charge in [-0.15, -0.1) is 5.10 Å². The molecule has 1 aromatic rings. The second kappa shape index (κ2) is 4.19. The molecule has 0 aromatic carbocycles. The lowest BCUT2D eigenvalue weighted by atomic mass is 9.75. The van der Waals surface area contributed by atoms with Crippen LogP contribution in [0.2, 0.25) is 0 Å². The van der Waals surface area contributed by atoms with Crippen molar-refractivity contribution in [2.45, 2.75) is 24.8 Å². The van der Waals surface area contributed by atoms with Gasteiger partial charge in [0.05, 0.1) is 0 Å². The van der Waals surface area contributed by atoms with Crippen molar-refractivity contribution in [2.24, 2.45) is 0 Å². The maximum atomic E-state index is 4.98. The second-order valence-electron chi connectivity index (χ2n) is 4.24. The highest BCUT2D eigenvalue weighted by Gasteiger charge is 2.38. The highest BCUT2D eigenvalue weighted by Crippen LogP contribution is 2.36. The van der Waals surface area contributed by atoms with Crippen LogP contribution >= 0.6 is 23.6 Å². The van der Waals surface area contributed by atoms with Gasteiger partial charge in [0.1, 0.15) is 0 Å². The summed E-state index contributed by atoms with van der Waals surface area (Å²) in [6, 6.07) is 0. The minimum absolute atomic E-state index is 0.327. The SMILES string of the molecule is CN(C)C1(CNc2n[nH]c(=S)s2)CCC1. The third-order valence-corrected chi connectivity index (χ3v) is 4.29. The standard InChI is InChI=1S/C9H16N4S2/c1-13(2)9(4-3-5-9)6-10-7-11-12-8(14)15-7/h3-6H2,1-2H3,(H,10,11)(H,12,14). The number of hydrogen-bond acceptors (Lipinski definition) is 5. The van der Waals surface area contributed by atoms with Gasteiger partial charge in [-0.2, -0.15) is 0 Å². The Morgan fingerprint density at radius 2 is 2.33 bits per heavy atom. The Morgan fingerprint density at radius 3 is 2.73 bits per heavy atom. The number of aromatic amines is 1. The maximum Gasteiger partial charge on any atom is 0.204 e. The number of H-pyrrole nitrogens is 1. The van der Waals surface area contributed by atoms with Gasteiger partial charge >= 0.3 is 0 Å². The molecule has 1 aliphatic rings. The van der Waals surface area contributed by atoms with Crippen LogP contribution < -0.4 is 5.32 Å². The average Bonchev–Trinajstić information content (AvgIpc) is 2.49. The zero-order chi connectivity index (χ0) is 10.9. The molecule has 0 amide bonds. The van der Waals surface area contributed by atoms with E-state index in [1.54, 1.807) is 0 Å². The Bertz CT molecular complexity index is 377. The van der Waals surface area contributed by atoms with E-state index in [4.69, 9.17) is 12.2 Å². The van der Waals surface area contributed by atoms with E-state index in [1.165, 1.54) is 30.6 Å². The van der Waals surface area contributed by atoms with Crippen LogP contribution in [0.5, 0.6) is 0 Å². The number of aromatic nitrogens is 2. The fraction of sp³-hybridized carbons (Fsp3) is 0.778.